The maximum Gasteiger partial charge on any atom is 0.0964 e. The van der Waals surface area contributed by atoms with Gasteiger partial charge in [-0.15, -0.1) is 5.10 Å². The van der Waals surface area contributed by atoms with Gasteiger partial charge in [-0.25, -0.2) is 4.68 Å². The summed E-state index contributed by atoms with van der Waals surface area (Å²) in [6.45, 7) is 8.35. The van der Waals surface area contributed by atoms with E-state index in [2.05, 4.69) is 22.6 Å². The molecule has 0 atom stereocenters. The normalized spacial score (nSPS) is 12.0. The van der Waals surface area contributed by atoms with E-state index < -0.39 is 5.60 Å². The summed E-state index contributed by atoms with van der Waals surface area (Å²) in [5.41, 5.74) is 0.259. The Kier molecular flexibility index (Phi) is 5.58. The van der Waals surface area contributed by atoms with Gasteiger partial charge in [0.25, 0.3) is 0 Å². The summed E-state index contributed by atoms with van der Waals surface area (Å²) in [6.07, 6.45) is 4.47. The Hall–Kier alpha value is -0.940. The second-order valence-electron chi connectivity index (χ2n) is 4.52. The average molecular weight is 240 g/mol. The maximum absolute atomic E-state index is 10.2. The van der Waals surface area contributed by atoms with Gasteiger partial charge in [0.05, 0.1) is 17.8 Å². The van der Waals surface area contributed by atoms with E-state index in [4.69, 9.17) is 0 Å². The molecule has 5 nitrogen and oxygen atoms in total. The maximum atomic E-state index is 10.2. The molecule has 98 valence electrons. The zero-order valence-electron chi connectivity index (χ0n) is 11.1. The van der Waals surface area contributed by atoms with Crippen molar-refractivity contribution in [1.29, 1.82) is 0 Å². The van der Waals surface area contributed by atoms with E-state index in [0.29, 0.717) is 6.54 Å². The fraction of sp³-hybridized carbons (Fsp3) is 0.833. The number of hydrogen-bond acceptors (Lipinski definition) is 4. The van der Waals surface area contributed by atoms with Crippen LogP contribution < -0.4 is 5.32 Å². The summed E-state index contributed by atoms with van der Waals surface area (Å²) in [7, 11) is 0. The summed E-state index contributed by atoms with van der Waals surface area (Å²) < 4.78 is 1.73. The lowest BCUT2D eigenvalue weighted by molar-refractivity contribution is 0.0114. The van der Waals surface area contributed by atoms with Crippen LogP contribution in [0.2, 0.25) is 0 Å². The monoisotopic (exact) mass is 240 g/mol. The molecule has 0 aliphatic carbocycles. The Bertz CT molecular complexity index is 320. The minimum Gasteiger partial charge on any atom is -0.388 e. The lowest BCUT2D eigenvalue weighted by Crippen LogP contribution is -2.32. The third-order valence-corrected chi connectivity index (χ3v) is 3.09. The number of nitrogens with zero attached hydrogens (tertiary/aromatic N) is 3. The van der Waals surface area contributed by atoms with Crippen molar-refractivity contribution in [3.8, 4) is 0 Å². The molecule has 0 aromatic carbocycles. The molecule has 0 saturated heterocycles. The first-order valence-electron chi connectivity index (χ1n) is 6.45. The Labute approximate surface area is 103 Å². The molecule has 2 N–H and O–H groups in total. The number of hydrogen-bond donors (Lipinski definition) is 2. The van der Waals surface area contributed by atoms with E-state index in [-0.39, 0.29) is 0 Å². The summed E-state index contributed by atoms with van der Waals surface area (Å²) in [6, 6.07) is 0. The zero-order chi connectivity index (χ0) is 12.7. The minimum absolute atomic E-state index is 0.515. The molecular formula is C12H24N4O. The van der Waals surface area contributed by atoms with Crippen LogP contribution in [0.5, 0.6) is 0 Å². The van der Waals surface area contributed by atoms with Gasteiger partial charge >= 0.3 is 0 Å². The van der Waals surface area contributed by atoms with Crippen molar-refractivity contribution in [2.75, 3.05) is 6.54 Å². The fourth-order valence-electron chi connectivity index (χ4n) is 1.67. The lowest BCUT2D eigenvalue weighted by Gasteiger charge is -2.24. The van der Waals surface area contributed by atoms with Crippen LogP contribution in [0.15, 0.2) is 6.20 Å². The highest BCUT2D eigenvalue weighted by atomic mass is 16.3. The second-order valence-corrected chi connectivity index (χ2v) is 4.52. The molecule has 17 heavy (non-hydrogen) atoms. The van der Waals surface area contributed by atoms with E-state index in [9.17, 15) is 5.11 Å². The molecule has 1 aromatic heterocycles. The van der Waals surface area contributed by atoms with E-state index in [1.54, 1.807) is 4.68 Å². The predicted molar refractivity (Wildman–Crippen MR) is 67.6 cm³/mol. The van der Waals surface area contributed by atoms with Gasteiger partial charge in [-0.05, 0) is 25.8 Å². The lowest BCUT2D eigenvalue weighted by atomic mass is 9.98. The fourth-order valence-corrected chi connectivity index (χ4v) is 1.67. The third-order valence-electron chi connectivity index (χ3n) is 3.09. The first-order chi connectivity index (χ1) is 8.13. The van der Waals surface area contributed by atoms with E-state index in [1.165, 1.54) is 0 Å². The summed E-state index contributed by atoms with van der Waals surface area (Å²) in [4.78, 5) is 0. The van der Waals surface area contributed by atoms with Crippen molar-refractivity contribution in [3.63, 3.8) is 0 Å². The first-order valence-corrected chi connectivity index (χ1v) is 6.45. The quantitative estimate of drug-likeness (QED) is 0.673. The van der Waals surface area contributed by atoms with Gasteiger partial charge in [0, 0.05) is 12.7 Å². The average Bonchev–Trinajstić information content (AvgIpc) is 2.77. The van der Waals surface area contributed by atoms with Crippen LogP contribution in [0, 0.1) is 0 Å². The van der Waals surface area contributed by atoms with E-state index >= 15 is 0 Å². The van der Waals surface area contributed by atoms with Crippen molar-refractivity contribution < 1.29 is 5.11 Å². The summed E-state index contributed by atoms with van der Waals surface area (Å²) in [5, 5.41) is 21.6. The van der Waals surface area contributed by atoms with Gasteiger partial charge in [-0.2, -0.15) is 0 Å². The van der Waals surface area contributed by atoms with Crippen LogP contribution in [-0.4, -0.2) is 32.2 Å². The van der Waals surface area contributed by atoms with Crippen LogP contribution in [0.25, 0.3) is 0 Å². The van der Waals surface area contributed by atoms with E-state index in [1.807, 2.05) is 20.0 Å². The molecule has 0 aliphatic heterocycles. The van der Waals surface area contributed by atoms with Gasteiger partial charge in [-0.3, -0.25) is 0 Å². The first kappa shape index (κ1) is 14.1. The van der Waals surface area contributed by atoms with Gasteiger partial charge in [0.1, 0.15) is 0 Å². The van der Waals surface area contributed by atoms with Crippen molar-refractivity contribution in [2.45, 2.75) is 58.7 Å². The van der Waals surface area contributed by atoms with Gasteiger partial charge in [0.15, 0.2) is 0 Å². The molecule has 1 heterocycles. The standard InChI is InChI=1S/C12H24N4O/c1-4-7-13-8-11-9-16(15-14-11)10-12(17,5-2)6-3/h9,13,17H,4-8,10H2,1-3H3. The van der Waals surface area contributed by atoms with Crippen molar-refractivity contribution >= 4 is 0 Å². The highest BCUT2D eigenvalue weighted by molar-refractivity contribution is 4.92. The van der Waals surface area contributed by atoms with Gasteiger partial charge < -0.3 is 10.4 Å². The molecule has 0 amide bonds. The molecule has 0 saturated carbocycles. The number of aromatic nitrogens is 3. The molecule has 0 spiro atoms. The number of nitrogens with one attached hydrogen (secondary N) is 1. The number of aliphatic hydroxyl groups is 1. The summed E-state index contributed by atoms with van der Waals surface area (Å²) in [5.74, 6) is 0. The van der Waals surface area contributed by atoms with Crippen molar-refractivity contribution in [3.05, 3.63) is 11.9 Å². The molecule has 0 radical (unpaired) electrons. The van der Waals surface area contributed by atoms with Crippen LogP contribution in [0.3, 0.4) is 0 Å². The van der Waals surface area contributed by atoms with Crippen LogP contribution in [-0.2, 0) is 13.1 Å². The topological polar surface area (TPSA) is 63.0 Å². The molecule has 0 bridgehead atoms. The third kappa shape index (κ3) is 4.44. The van der Waals surface area contributed by atoms with Crippen molar-refractivity contribution in [2.24, 2.45) is 0 Å². The van der Waals surface area contributed by atoms with Crippen LogP contribution >= 0.6 is 0 Å². The van der Waals surface area contributed by atoms with Crippen LogP contribution in [0.1, 0.15) is 45.7 Å². The SMILES string of the molecule is CCCNCc1cn(CC(O)(CC)CC)nn1. The van der Waals surface area contributed by atoms with Crippen molar-refractivity contribution in [1.82, 2.24) is 20.3 Å². The Morgan fingerprint density at radius 1 is 1.35 bits per heavy atom. The Morgan fingerprint density at radius 3 is 2.65 bits per heavy atom. The number of rotatable bonds is 8. The summed E-state index contributed by atoms with van der Waals surface area (Å²) >= 11 is 0. The van der Waals surface area contributed by atoms with Gasteiger partial charge in [-0.1, -0.05) is 26.0 Å². The van der Waals surface area contributed by atoms with Crippen LogP contribution in [0.4, 0.5) is 0 Å². The Balaban J connectivity index is 2.50. The molecule has 0 fully saturated rings. The zero-order valence-corrected chi connectivity index (χ0v) is 11.1. The van der Waals surface area contributed by atoms with Gasteiger partial charge in [0.2, 0.25) is 0 Å². The molecular weight excluding hydrogens is 216 g/mol. The molecule has 1 rings (SSSR count). The molecule has 5 heteroatoms. The molecule has 0 unspecified atom stereocenters. The highest BCUT2D eigenvalue weighted by Gasteiger charge is 2.23. The highest BCUT2D eigenvalue weighted by Crippen LogP contribution is 2.16. The molecule has 0 aliphatic rings. The largest absolute Gasteiger partial charge is 0.388 e. The minimum atomic E-state index is -0.665. The Morgan fingerprint density at radius 2 is 2.06 bits per heavy atom. The molecule has 1 aromatic rings. The second kappa shape index (κ2) is 6.71. The smallest absolute Gasteiger partial charge is 0.0964 e. The van der Waals surface area contributed by atoms with E-state index in [0.717, 1.165) is 38.0 Å². The predicted octanol–water partition coefficient (Wildman–Crippen LogP) is 1.33.